The molecule has 0 unspecified atom stereocenters. The molecule has 0 saturated carbocycles. The summed E-state index contributed by atoms with van der Waals surface area (Å²) in [5, 5.41) is 0.125. The van der Waals surface area contributed by atoms with Crippen molar-refractivity contribution < 1.29 is 19.1 Å². The van der Waals surface area contributed by atoms with Crippen LogP contribution in [0.2, 0.25) is 0 Å². The van der Waals surface area contributed by atoms with Gasteiger partial charge in [0.25, 0.3) is 0 Å². The maximum atomic E-state index is 11.3. The van der Waals surface area contributed by atoms with Gasteiger partial charge in [0.15, 0.2) is 12.2 Å². The van der Waals surface area contributed by atoms with Gasteiger partial charge in [0.05, 0.1) is 7.11 Å². The Morgan fingerprint density at radius 2 is 2.00 bits per heavy atom. The maximum absolute atomic E-state index is 11.3. The summed E-state index contributed by atoms with van der Waals surface area (Å²) in [6, 6.07) is 0. The Bertz CT molecular complexity index is 226. The van der Waals surface area contributed by atoms with Crippen LogP contribution in [0.1, 0.15) is 13.8 Å². The smallest absolute Gasteiger partial charge is 0.338 e. The van der Waals surface area contributed by atoms with Crippen molar-refractivity contribution in [3.05, 3.63) is 0 Å². The van der Waals surface area contributed by atoms with Crippen LogP contribution >= 0.6 is 11.8 Å². The monoisotopic (exact) mass is 204 g/mol. The van der Waals surface area contributed by atoms with Gasteiger partial charge in [-0.2, -0.15) is 0 Å². The van der Waals surface area contributed by atoms with E-state index in [1.54, 1.807) is 0 Å². The minimum absolute atomic E-state index is 0.0922. The summed E-state index contributed by atoms with van der Waals surface area (Å²) >= 11 is 1.18. The van der Waals surface area contributed by atoms with E-state index in [-0.39, 0.29) is 10.4 Å². The van der Waals surface area contributed by atoms with E-state index >= 15 is 0 Å². The van der Waals surface area contributed by atoms with E-state index in [1.165, 1.54) is 18.9 Å². The molecule has 1 heterocycles. The average Bonchev–Trinajstić information content (AvgIpc) is 2.80. The van der Waals surface area contributed by atoms with Crippen LogP contribution in [-0.2, 0) is 19.1 Å². The van der Waals surface area contributed by atoms with Crippen molar-refractivity contribution in [1.82, 2.24) is 0 Å². The third-order valence-corrected chi connectivity index (χ3v) is 2.45. The molecule has 0 bridgehead atoms. The van der Waals surface area contributed by atoms with Crippen LogP contribution in [-0.4, -0.2) is 35.7 Å². The van der Waals surface area contributed by atoms with Crippen molar-refractivity contribution in [2.24, 2.45) is 0 Å². The summed E-state index contributed by atoms with van der Waals surface area (Å²) in [5.74, 6) is -0.470. The lowest BCUT2D eigenvalue weighted by atomic mass is 10.3. The summed E-state index contributed by atoms with van der Waals surface area (Å²) in [4.78, 5) is 22.1. The van der Waals surface area contributed by atoms with Gasteiger partial charge in [-0.05, 0) is 0 Å². The molecular weight excluding hydrogens is 192 g/mol. The Balaban J connectivity index is 2.34. The molecule has 0 aromatic carbocycles. The number of ether oxygens (including phenoxy) is 2. The highest BCUT2D eigenvalue weighted by Crippen LogP contribution is 2.29. The van der Waals surface area contributed by atoms with Crippen molar-refractivity contribution in [2.75, 3.05) is 7.11 Å². The van der Waals surface area contributed by atoms with Gasteiger partial charge >= 0.3 is 5.97 Å². The fourth-order valence-corrected chi connectivity index (χ4v) is 1.66. The van der Waals surface area contributed by atoms with Crippen LogP contribution in [0.25, 0.3) is 0 Å². The van der Waals surface area contributed by atoms with Gasteiger partial charge in [-0.25, -0.2) is 4.79 Å². The van der Waals surface area contributed by atoms with Gasteiger partial charge in [-0.1, -0.05) is 25.6 Å². The first kappa shape index (κ1) is 10.5. The summed E-state index contributed by atoms with van der Waals surface area (Å²) in [6.45, 7) is 3.83. The zero-order valence-electron chi connectivity index (χ0n) is 7.77. The van der Waals surface area contributed by atoms with Gasteiger partial charge in [-0.3, -0.25) is 4.79 Å². The molecular formula is C8H12O4S. The van der Waals surface area contributed by atoms with Crippen LogP contribution in [0.5, 0.6) is 0 Å². The Kier molecular flexibility index (Phi) is 3.33. The molecule has 1 aliphatic rings. The quantitative estimate of drug-likeness (QED) is 0.497. The van der Waals surface area contributed by atoms with Crippen LogP contribution in [0.4, 0.5) is 0 Å². The number of methoxy groups -OCH3 is 1. The van der Waals surface area contributed by atoms with Crippen molar-refractivity contribution in [3.63, 3.8) is 0 Å². The van der Waals surface area contributed by atoms with E-state index in [4.69, 9.17) is 4.74 Å². The number of rotatable bonds is 3. The highest BCUT2D eigenvalue weighted by molar-refractivity contribution is 8.14. The Hall–Kier alpha value is -0.550. The van der Waals surface area contributed by atoms with Crippen LogP contribution < -0.4 is 0 Å². The number of thioether (sulfide) groups is 1. The molecule has 1 saturated heterocycles. The first-order valence-corrected chi connectivity index (χ1v) is 4.88. The van der Waals surface area contributed by atoms with Crippen LogP contribution in [0.15, 0.2) is 0 Å². The SMILES string of the molecule is COC(=O)[C@@H]1O[C@@H]1C(=O)SC(C)C. The summed E-state index contributed by atoms with van der Waals surface area (Å²) in [7, 11) is 1.28. The fourth-order valence-electron chi connectivity index (χ4n) is 0.886. The summed E-state index contributed by atoms with van der Waals surface area (Å²) in [6.07, 6.45) is -1.25. The molecule has 1 rings (SSSR count). The second-order valence-corrected chi connectivity index (χ2v) is 4.57. The zero-order valence-corrected chi connectivity index (χ0v) is 8.59. The van der Waals surface area contributed by atoms with Gasteiger partial charge in [0.2, 0.25) is 5.12 Å². The van der Waals surface area contributed by atoms with E-state index in [2.05, 4.69) is 4.74 Å². The van der Waals surface area contributed by atoms with Gasteiger partial charge in [-0.15, -0.1) is 0 Å². The second kappa shape index (κ2) is 4.11. The Morgan fingerprint density at radius 3 is 2.46 bits per heavy atom. The number of carbonyl (C=O) groups excluding carboxylic acids is 2. The summed E-state index contributed by atoms with van der Waals surface area (Å²) in [5.41, 5.74) is 0. The second-order valence-electron chi connectivity index (χ2n) is 2.99. The van der Waals surface area contributed by atoms with Crippen molar-refractivity contribution in [3.8, 4) is 0 Å². The first-order chi connectivity index (χ1) is 6.06. The molecule has 13 heavy (non-hydrogen) atoms. The lowest BCUT2D eigenvalue weighted by Gasteiger charge is -1.99. The fraction of sp³-hybridized carbons (Fsp3) is 0.750. The minimum atomic E-state index is -0.663. The normalized spacial score (nSPS) is 25.8. The third-order valence-electron chi connectivity index (χ3n) is 1.51. The lowest BCUT2D eigenvalue weighted by Crippen LogP contribution is -2.16. The average molecular weight is 204 g/mol. The molecule has 0 amide bonds. The van der Waals surface area contributed by atoms with Gasteiger partial charge in [0.1, 0.15) is 0 Å². The standard InChI is InChI=1S/C8H12O4S/c1-4(2)13-8(10)6-5(12-6)7(9)11-3/h4-6H,1-3H3/t5-,6+/m1/s1. The molecule has 1 fully saturated rings. The maximum Gasteiger partial charge on any atom is 0.338 e. The molecule has 4 nitrogen and oxygen atoms in total. The third kappa shape index (κ3) is 2.70. The largest absolute Gasteiger partial charge is 0.467 e. The van der Waals surface area contributed by atoms with E-state index in [0.717, 1.165) is 0 Å². The van der Waals surface area contributed by atoms with E-state index in [1.807, 2.05) is 13.8 Å². The molecule has 5 heteroatoms. The molecule has 0 aromatic heterocycles. The number of esters is 1. The van der Waals surface area contributed by atoms with Crippen LogP contribution in [0, 0.1) is 0 Å². The molecule has 0 aliphatic carbocycles. The minimum Gasteiger partial charge on any atom is -0.467 e. The van der Waals surface area contributed by atoms with E-state index in [0.29, 0.717) is 0 Å². The van der Waals surface area contributed by atoms with Gasteiger partial charge < -0.3 is 9.47 Å². The summed E-state index contributed by atoms with van der Waals surface area (Å²) < 4.78 is 9.32. The molecule has 0 N–H and O–H groups in total. The zero-order chi connectivity index (χ0) is 10.0. The van der Waals surface area contributed by atoms with Crippen molar-refractivity contribution in [1.29, 1.82) is 0 Å². The number of hydrogen-bond acceptors (Lipinski definition) is 5. The number of epoxide rings is 1. The molecule has 74 valence electrons. The highest BCUT2D eigenvalue weighted by Gasteiger charge is 2.51. The molecule has 2 atom stereocenters. The predicted octanol–water partition coefficient (Wildman–Crippen LogP) is 0.595. The number of hydrogen-bond donors (Lipinski definition) is 0. The van der Waals surface area contributed by atoms with Crippen LogP contribution in [0.3, 0.4) is 0 Å². The van der Waals surface area contributed by atoms with E-state index in [9.17, 15) is 9.59 Å². The molecule has 1 aliphatic heterocycles. The van der Waals surface area contributed by atoms with Crippen molar-refractivity contribution >= 4 is 22.8 Å². The Labute approximate surface area is 81.0 Å². The number of carbonyl (C=O) groups is 2. The molecule has 0 radical (unpaired) electrons. The van der Waals surface area contributed by atoms with Crippen molar-refractivity contribution in [2.45, 2.75) is 31.3 Å². The first-order valence-electron chi connectivity index (χ1n) is 4.00. The van der Waals surface area contributed by atoms with E-state index < -0.39 is 18.2 Å². The Morgan fingerprint density at radius 1 is 1.38 bits per heavy atom. The molecule has 0 aromatic rings. The lowest BCUT2D eigenvalue weighted by molar-refractivity contribution is -0.142. The highest BCUT2D eigenvalue weighted by atomic mass is 32.2. The topological polar surface area (TPSA) is 55.9 Å². The molecule has 0 spiro atoms. The predicted molar refractivity (Wildman–Crippen MR) is 48.4 cm³/mol. The van der Waals surface area contributed by atoms with Gasteiger partial charge in [0, 0.05) is 5.25 Å².